The Hall–Kier alpha value is -0.670. The van der Waals surface area contributed by atoms with Gasteiger partial charge in [0.25, 0.3) is 0 Å². The highest BCUT2D eigenvalue weighted by Gasteiger charge is 2.42. The van der Waals surface area contributed by atoms with Crippen molar-refractivity contribution in [3.05, 3.63) is 29.8 Å². The molecule has 2 saturated heterocycles. The lowest BCUT2D eigenvalue weighted by Gasteiger charge is -2.42. The lowest BCUT2D eigenvalue weighted by atomic mass is 9.78. The van der Waals surface area contributed by atoms with E-state index in [9.17, 15) is 0 Å². The number of thioether (sulfide) groups is 1. The minimum atomic E-state index is 0.215. The van der Waals surface area contributed by atoms with Crippen molar-refractivity contribution >= 4 is 17.4 Å². The Morgan fingerprint density at radius 2 is 2.20 bits per heavy atom. The first kappa shape index (κ1) is 13.0. The topological polar surface area (TPSA) is 21.3 Å². The van der Waals surface area contributed by atoms with Crippen molar-refractivity contribution in [2.24, 2.45) is 5.92 Å². The Balaban J connectivity index is 1.48. The van der Waals surface area contributed by atoms with Gasteiger partial charge >= 0.3 is 0 Å². The normalized spacial score (nSPS) is 36.6. The second-order valence-corrected chi connectivity index (χ2v) is 7.64. The number of ether oxygens (including phenoxy) is 1. The Bertz CT molecular complexity index is 484. The van der Waals surface area contributed by atoms with Gasteiger partial charge in [-0.25, -0.2) is 0 Å². The maximum atomic E-state index is 6.17. The van der Waals surface area contributed by atoms with E-state index >= 15 is 0 Å². The molecule has 20 heavy (non-hydrogen) atoms. The van der Waals surface area contributed by atoms with Crippen LogP contribution >= 0.6 is 11.8 Å². The number of aryl methyl sites for hydroxylation is 1. The molecule has 3 heterocycles. The number of hydrogen-bond donors (Lipinski definition) is 1. The zero-order valence-electron chi connectivity index (χ0n) is 11.9. The molecule has 3 heteroatoms. The van der Waals surface area contributed by atoms with Crippen LogP contribution in [0.3, 0.4) is 0 Å². The van der Waals surface area contributed by atoms with Gasteiger partial charge in [0.15, 0.2) is 0 Å². The molecule has 0 bridgehead atoms. The molecular formula is C17H23NOS. The van der Waals surface area contributed by atoms with E-state index in [-0.39, 0.29) is 5.60 Å². The summed E-state index contributed by atoms with van der Waals surface area (Å²) in [5.41, 5.74) is 3.07. The molecule has 2 fully saturated rings. The maximum Gasteiger partial charge on any atom is 0.0783 e. The molecule has 0 amide bonds. The zero-order valence-corrected chi connectivity index (χ0v) is 12.8. The fourth-order valence-electron chi connectivity index (χ4n) is 4.09. The van der Waals surface area contributed by atoms with Crippen molar-refractivity contribution < 1.29 is 4.74 Å². The van der Waals surface area contributed by atoms with E-state index in [1.807, 2.05) is 0 Å². The molecule has 1 aromatic carbocycles. The van der Waals surface area contributed by atoms with Gasteiger partial charge < -0.3 is 10.1 Å². The van der Waals surface area contributed by atoms with Crippen LogP contribution in [-0.2, 0) is 11.2 Å². The summed E-state index contributed by atoms with van der Waals surface area (Å²) in [5.74, 6) is 3.29. The molecule has 0 saturated carbocycles. The highest BCUT2D eigenvalue weighted by Crippen LogP contribution is 2.43. The standard InChI is InChI=1S/C17H23NOS/c1-2-4-15-13(3-1)5-6-16(18-15)14-7-9-19-17(11-14)8-10-20-12-17/h1-4,14,16,18H,5-12H2. The number of hydrogen-bond acceptors (Lipinski definition) is 3. The third-order valence-electron chi connectivity index (χ3n) is 5.25. The van der Waals surface area contributed by atoms with E-state index in [4.69, 9.17) is 4.74 Å². The van der Waals surface area contributed by atoms with Crippen LogP contribution in [0.5, 0.6) is 0 Å². The van der Waals surface area contributed by atoms with Crippen molar-refractivity contribution in [2.75, 3.05) is 23.4 Å². The molecule has 0 aliphatic carbocycles. The summed E-state index contributed by atoms with van der Waals surface area (Å²) in [6.45, 7) is 0.963. The zero-order chi connectivity index (χ0) is 13.4. The largest absolute Gasteiger partial charge is 0.382 e. The quantitative estimate of drug-likeness (QED) is 0.851. The molecule has 108 valence electrons. The van der Waals surface area contributed by atoms with E-state index in [2.05, 4.69) is 41.3 Å². The Labute approximate surface area is 125 Å². The molecule has 3 atom stereocenters. The van der Waals surface area contributed by atoms with Gasteiger partial charge in [0, 0.05) is 24.1 Å². The van der Waals surface area contributed by atoms with Gasteiger partial charge in [-0.2, -0.15) is 11.8 Å². The van der Waals surface area contributed by atoms with Crippen molar-refractivity contribution in [1.82, 2.24) is 0 Å². The Morgan fingerprint density at radius 1 is 1.25 bits per heavy atom. The van der Waals surface area contributed by atoms with Gasteiger partial charge in [0.2, 0.25) is 0 Å². The molecule has 4 rings (SSSR count). The number of nitrogens with one attached hydrogen (secondary N) is 1. The fourth-order valence-corrected chi connectivity index (χ4v) is 5.47. The van der Waals surface area contributed by atoms with Gasteiger partial charge in [0.1, 0.15) is 0 Å². The molecular weight excluding hydrogens is 266 g/mol. The van der Waals surface area contributed by atoms with Gasteiger partial charge in [-0.1, -0.05) is 18.2 Å². The third kappa shape index (κ3) is 2.35. The molecule has 1 aromatic rings. The van der Waals surface area contributed by atoms with Crippen molar-refractivity contribution in [3.8, 4) is 0 Å². The van der Waals surface area contributed by atoms with E-state index < -0.39 is 0 Å². The highest BCUT2D eigenvalue weighted by atomic mass is 32.2. The van der Waals surface area contributed by atoms with Gasteiger partial charge in [0.05, 0.1) is 5.60 Å². The molecule has 2 nitrogen and oxygen atoms in total. The number of fused-ring (bicyclic) bond motifs is 1. The number of benzene rings is 1. The first-order valence-corrected chi connectivity index (χ1v) is 9.06. The molecule has 0 radical (unpaired) electrons. The second kappa shape index (κ2) is 5.27. The molecule has 3 aliphatic rings. The lowest BCUT2D eigenvalue weighted by Crippen LogP contribution is -2.45. The highest BCUT2D eigenvalue weighted by molar-refractivity contribution is 7.99. The van der Waals surface area contributed by atoms with Crippen LogP contribution in [0.1, 0.15) is 31.2 Å². The monoisotopic (exact) mass is 289 g/mol. The molecule has 0 aromatic heterocycles. The summed E-state index contributed by atoms with van der Waals surface area (Å²) in [6.07, 6.45) is 6.27. The summed E-state index contributed by atoms with van der Waals surface area (Å²) in [7, 11) is 0. The van der Waals surface area contributed by atoms with E-state index in [0.29, 0.717) is 6.04 Å². The summed E-state index contributed by atoms with van der Waals surface area (Å²) in [6, 6.07) is 9.45. The predicted octanol–water partition coefficient (Wildman–Crippen LogP) is 3.72. The summed E-state index contributed by atoms with van der Waals surface area (Å²) in [4.78, 5) is 0. The van der Waals surface area contributed by atoms with Crippen molar-refractivity contribution in [1.29, 1.82) is 0 Å². The average Bonchev–Trinajstić information content (AvgIpc) is 2.94. The third-order valence-corrected chi connectivity index (χ3v) is 6.47. The van der Waals surface area contributed by atoms with E-state index in [1.54, 1.807) is 0 Å². The van der Waals surface area contributed by atoms with Crippen LogP contribution in [0.25, 0.3) is 0 Å². The summed E-state index contributed by atoms with van der Waals surface area (Å²) >= 11 is 2.07. The first-order chi connectivity index (χ1) is 9.85. The summed E-state index contributed by atoms with van der Waals surface area (Å²) < 4.78 is 6.17. The maximum absolute atomic E-state index is 6.17. The smallest absolute Gasteiger partial charge is 0.0783 e. The van der Waals surface area contributed by atoms with Crippen LogP contribution in [0.2, 0.25) is 0 Å². The number of rotatable bonds is 1. The molecule has 1 spiro atoms. The van der Waals surface area contributed by atoms with Crippen LogP contribution in [0, 0.1) is 5.92 Å². The Morgan fingerprint density at radius 3 is 3.10 bits per heavy atom. The average molecular weight is 289 g/mol. The van der Waals surface area contributed by atoms with Crippen LogP contribution in [0.15, 0.2) is 24.3 Å². The minimum Gasteiger partial charge on any atom is -0.382 e. The Kier molecular flexibility index (Phi) is 3.43. The molecule has 1 N–H and O–H groups in total. The van der Waals surface area contributed by atoms with E-state index in [1.165, 1.54) is 54.9 Å². The van der Waals surface area contributed by atoms with Crippen LogP contribution in [0.4, 0.5) is 5.69 Å². The number of anilines is 1. The second-order valence-electron chi connectivity index (χ2n) is 6.53. The molecule has 3 unspecified atom stereocenters. The lowest BCUT2D eigenvalue weighted by molar-refractivity contribution is -0.0825. The van der Waals surface area contributed by atoms with Crippen molar-refractivity contribution in [3.63, 3.8) is 0 Å². The number of para-hydroxylation sites is 1. The minimum absolute atomic E-state index is 0.215. The van der Waals surface area contributed by atoms with Crippen LogP contribution < -0.4 is 5.32 Å². The van der Waals surface area contributed by atoms with Crippen molar-refractivity contribution in [2.45, 2.75) is 43.7 Å². The van der Waals surface area contributed by atoms with Crippen LogP contribution in [-0.4, -0.2) is 29.8 Å². The fraction of sp³-hybridized carbons (Fsp3) is 0.647. The van der Waals surface area contributed by atoms with Gasteiger partial charge in [-0.3, -0.25) is 0 Å². The first-order valence-electron chi connectivity index (χ1n) is 7.91. The van der Waals surface area contributed by atoms with Gasteiger partial charge in [-0.15, -0.1) is 0 Å². The summed E-state index contributed by atoms with van der Waals surface area (Å²) in [5, 5.41) is 3.81. The predicted molar refractivity (Wildman–Crippen MR) is 85.5 cm³/mol. The van der Waals surface area contributed by atoms with E-state index in [0.717, 1.165) is 12.5 Å². The van der Waals surface area contributed by atoms with Gasteiger partial charge in [-0.05, 0) is 55.4 Å². The molecule has 3 aliphatic heterocycles. The SMILES string of the molecule is c1ccc2c(c1)CCC(C1CCOC3(CCSC3)C1)N2.